The van der Waals surface area contributed by atoms with E-state index >= 15 is 0 Å². The van der Waals surface area contributed by atoms with E-state index in [0.29, 0.717) is 13.2 Å². The topological polar surface area (TPSA) is 31.4 Å². The van der Waals surface area contributed by atoms with E-state index in [2.05, 4.69) is 41.4 Å². The third-order valence-electron chi connectivity index (χ3n) is 4.42. The molecule has 0 radical (unpaired) electrons. The highest BCUT2D eigenvalue weighted by molar-refractivity contribution is 5.84. The highest BCUT2D eigenvalue weighted by Crippen LogP contribution is 2.20. The van der Waals surface area contributed by atoms with Crippen molar-refractivity contribution < 1.29 is 9.47 Å². The van der Waals surface area contributed by atoms with Crippen LogP contribution in [0.25, 0.3) is 10.8 Å². The normalized spacial score (nSPS) is 10.7. The minimum atomic E-state index is 0.513. The second kappa shape index (κ2) is 8.37. The maximum Gasteiger partial charge on any atom is 0.122 e. The number of nitrogens with zero attached hydrogens (tertiary/aromatic N) is 1. The summed E-state index contributed by atoms with van der Waals surface area (Å²) in [5.41, 5.74) is 2.31. The van der Waals surface area contributed by atoms with E-state index in [9.17, 15) is 0 Å². The van der Waals surface area contributed by atoms with Crippen molar-refractivity contribution in [1.29, 1.82) is 0 Å². The Balaban J connectivity index is 1.33. The van der Waals surface area contributed by atoms with Gasteiger partial charge in [0.2, 0.25) is 0 Å². The molecule has 0 N–H and O–H groups in total. The Morgan fingerprint density at radius 3 is 2.07 bits per heavy atom. The van der Waals surface area contributed by atoms with Gasteiger partial charge in [0.15, 0.2) is 0 Å². The molecule has 3 aromatic carbocycles. The molecule has 4 rings (SSSR count). The van der Waals surface area contributed by atoms with Crippen molar-refractivity contribution in [3.63, 3.8) is 0 Å². The summed E-state index contributed by atoms with van der Waals surface area (Å²) in [6.45, 7) is 1.03. The highest BCUT2D eigenvalue weighted by Gasteiger charge is 2.04. The smallest absolute Gasteiger partial charge is 0.122 e. The molecule has 0 saturated carbocycles. The second-order valence-corrected chi connectivity index (χ2v) is 6.31. The predicted octanol–water partition coefficient (Wildman–Crippen LogP) is 5.28. The molecule has 134 valence electrons. The molecule has 0 amide bonds. The van der Waals surface area contributed by atoms with Crippen LogP contribution in [0.2, 0.25) is 0 Å². The molecule has 3 heteroatoms. The van der Waals surface area contributed by atoms with Crippen LogP contribution in [0.1, 0.15) is 11.3 Å². The fourth-order valence-electron chi connectivity index (χ4n) is 3.06. The SMILES string of the molecule is c1ccc(OCCOc2ccc(Cc3nccc4ccccc34)cc2)cc1. The van der Waals surface area contributed by atoms with Crippen molar-refractivity contribution in [3.8, 4) is 11.5 Å². The van der Waals surface area contributed by atoms with Crippen LogP contribution in [0.3, 0.4) is 0 Å². The first-order valence-corrected chi connectivity index (χ1v) is 9.11. The van der Waals surface area contributed by atoms with Crippen LogP contribution in [0.4, 0.5) is 0 Å². The first-order chi connectivity index (χ1) is 13.4. The zero-order valence-corrected chi connectivity index (χ0v) is 15.0. The van der Waals surface area contributed by atoms with Gasteiger partial charge in [-0.1, -0.05) is 54.6 Å². The fourth-order valence-corrected chi connectivity index (χ4v) is 3.06. The van der Waals surface area contributed by atoms with Gasteiger partial charge >= 0.3 is 0 Å². The standard InChI is InChI=1S/C24H21NO2/c1-2-7-21(8-3-1)26-16-17-27-22-12-10-19(11-13-22)18-24-23-9-5-4-6-20(23)14-15-25-24/h1-15H,16-18H2. The summed E-state index contributed by atoms with van der Waals surface area (Å²) < 4.78 is 11.4. The summed E-state index contributed by atoms with van der Waals surface area (Å²) in [7, 11) is 0. The van der Waals surface area contributed by atoms with E-state index in [1.807, 2.05) is 54.7 Å². The average molecular weight is 355 g/mol. The third kappa shape index (κ3) is 4.45. The Morgan fingerprint density at radius 1 is 0.630 bits per heavy atom. The van der Waals surface area contributed by atoms with Crippen LogP contribution in [0.5, 0.6) is 11.5 Å². The van der Waals surface area contributed by atoms with Crippen molar-refractivity contribution in [3.05, 3.63) is 102 Å². The van der Waals surface area contributed by atoms with Crippen molar-refractivity contribution in [1.82, 2.24) is 4.98 Å². The Labute approximate surface area is 159 Å². The van der Waals surface area contributed by atoms with E-state index in [1.54, 1.807) is 0 Å². The Morgan fingerprint density at radius 2 is 1.30 bits per heavy atom. The predicted molar refractivity (Wildman–Crippen MR) is 108 cm³/mol. The molecule has 0 unspecified atom stereocenters. The fraction of sp³-hybridized carbons (Fsp3) is 0.125. The number of benzene rings is 3. The molecule has 27 heavy (non-hydrogen) atoms. The van der Waals surface area contributed by atoms with Gasteiger partial charge in [-0.2, -0.15) is 0 Å². The van der Waals surface area contributed by atoms with Gasteiger partial charge in [-0.25, -0.2) is 0 Å². The van der Waals surface area contributed by atoms with Gasteiger partial charge in [0.25, 0.3) is 0 Å². The minimum absolute atomic E-state index is 0.513. The van der Waals surface area contributed by atoms with Crippen LogP contribution >= 0.6 is 0 Å². The van der Waals surface area contributed by atoms with Crippen LogP contribution in [-0.4, -0.2) is 18.2 Å². The molecular weight excluding hydrogens is 334 g/mol. The summed E-state index contributed by atoms with van der Waals surface area (Å²) in [4.78, 5) is 4.57. The molecule has 0 fully saturated rings. The summed E-state index contributed by atoms with van der Waals surface area (Å²) in [6.07, 6.45) is 2.68. The first-order valence-electron chi connectivity index (χ1n) is 9.11. The molecule has 0 saturated heterocycles. The lowest BCUT2D eigenvalue weighted by Crippen LogP contribution is -2.08. The molecule has 0 aliphatic rings. The Kier molecular flexibility index (Phi) is 5.30. The van der Waals surface area contributed by atoms with Gasteiger partial charge in [0.05, 0.1) is 5.69 Å². The van der Waals surface area contributed by atoms with Crippen LogP contribution in [0.15, 0.2) is 91.1 Å². The lowest BCUT2D eigenvalue weighted by Gasteiger charge is -2.09. The number of hydrogen-bond acceptors (Lipinski definition) is 3. The summed E-state index contributed by atoms with van der Waals surface area (Å²) in [6, 6.07) is 28.4. The van der Waals surface area contributed by atoms with E-state index in [-0.39, 0.29) is 0 Å². The van der Waals surface area contributed by atoms with E-state index in [0.717, 1.165) is 23.6 Å². The number of fused-ring (bicyclic) bond motifs is 1. The van der Waals surface area contributed by atoms with Crippen molar-refractivity contribution in [2.45, 2.75) is 6.42 Å². The van der Waals surface area contributed by atoms with Crippen molar-refractivity contribution in [2.75, 3.05) is 13.2 Å². The molecule has 4 aromatic rings. The van der Waals surface area contributed by atoms with Crippen molar-refractivity contribution >= 4 is 10.8 Å². The van der Waals surface area contributed by atoms with Gasteiger partial charge in [0.1, 0.15) is 24.7 Å². The van der Waals surface area contributed by atoms with E-state index in [1.165, 1.54) is 16.3 Å². The first kappa shape index (κ1) is 17.1. The molecule has 0 spiro atoms. The minimum Gasteiger partial charge on any atom is -0.490 e. The van der Waals surface area contributed by atoms with Crippen LogP contribution < -0.4 is 9.47 Å². The number of hydrogen-bond donors (Lipinski definition) is 0. The molecule has 0 aliphatic heterocycles. The summed E-state index contributed by atoms with van der Waals surface area (Å²) in [5.74, 6) is 1.71. The zero-order chi connectivity index (χ0) is 18.3. The third-order valence-corrected chi connectivity index (χ3v) is 4.42. The molecule has 0 aliphatic carbocycles. The molecule has 1 heterocycles. The molecular formula is C24H21NO2. The number of ether oxygens (including phenoxy) is 2. The molecule has 1 aromatic heterocycles. The highest BCUT2D eigenvalue weighted by atomic mass is 16.5. The van der Waals surface area contributed by atoms with Gasteiger partial charge < -0.3 is 9.47 Å². The average Bonchev–Trinajstić information content (AvgIpc) is 2.73. The Bertz CT molecular complexity index is 992. The largest absolute Gasteiger partial charge is 0.490 e. The van der Waals surface area contributed by atoms with E-state index < -0.39 is 0 Å². The number of rotatable bonds is 7. The van der Waals surface area contributed by atoms with E-state index in [4.69, 9.17) is 9.47 Å². The molecule has 0 atom stereocenters. The van der Waals surface area contributed by atoms with Crippen molar-refractivity contribution in [2.24, 2.45) is 0 Å². The van der Waals surface area contributed by atoms with Crippen LogP contribution in [-0.2, 0) is 6.42 Å². The Hall–Kier alpha value is -3.33. The maximum absolute atomic E-state index is 5.76. The molecule has 0 bridgehead atoms. The number of para-hydroxylation sites is 1. The number of pyridine rings is 1. The maximum atomic E-state index is 5.76. The second-order valence-electron chi connectivity index (χ2n) is 6.31. The summed E-state index contributed by atoms with van der Waals surface area (Å²) >= 11 is 0. The summed E-state index contributed by atoms with van der Waals surface area (Å²) in [5, 5.41) is 2.43. The lowest BCUT2D eigenvalue weighted by molar-refractivity contribution is 0.217. The van der Waals surface area contributed by atoms with Crippen LogP contribution in [0, 0.1) is 0 Å². The van der Waals surface area contributed by atoms with Gasteiger partial charge in [0, 0.05) is 18.0 Å². The lowest BCUT2D eigenvalue weighted by atomic mass is 10.0. The van der Waals surface area contributed by atoms with Gasteiger partial charge in [-0.3, -0.25) is 4.98 Å². The number of aromatic nitrogens is 1. The quantitative estimate of drug-likeness (QED) is 0.423. The monoisotopic (exact) mass is 355 g/mol. The zero-order valence-electron chi connectivity index (χ0n) is 15.0. The van der Waals surface area contributed by atoms with Gasteiger partial charge in [-0.05, 0) is 41.3 Å². The van der Waals surface area contributed by atoms with Gasteiger partial charge in [-0.15, -0.1) is 0 Å². The molecule has 3 nitrogen and oxygen atoms in total.